The van der Waals surface area contributed by atoms with Crippen LogP contribution in [0.25, 0.3) is 0 Å². The van der Waals surface area contributed by atoms with E-state index in [1.807, 2.05) is 30.3 Å². The lowest BCUT2D eigenvalue weighted by molar-refractivity contribution is -0.119. The third-order valence-corrected chi connectivity index (χ3v) is 5.91. The molecule has 0 aliphatic heterocycles. The summed E-state index contributed by atoms with van der Waals surface area (Å²) in [6.07, 6.45) is 1.63. The molecule has 3 aromatic rings. The summed E-state index contributed by atoms with van der Waals surface area (Å²) < 4.78 is 5.59. The van der Waals surface area contributed by atoms with Gasteiger partial charge >= 0.3 is 0 Å². The Morgan fingerprint density at radius 1 is 1.00 bits per heavy atom. The Morgan fingerprint density at radius 2 is 1.61 bits per heavy atom. The van der Waals surface area contributed by atoms with Crippen LogP contribution in [0.4, 0.5) is 5.69 Å². The van der Waals surface area contributed by atoms with E-state index < -0.39 is 23.6 Å². The maximum Gasteiger partial charge on any atom is 0.268 e. The van der Waals surface area contributed by atoms with Crippen molar-refractivity contribution in [2.24, 2.45) is 11.5 Å². The average molecular weight is 553 g/mol. The number of carbonyl (C=O) groups excluding carboxylic acids is 2. The number of unbranched alkanes of at least 4 members (excludes halogenated alkanes) is 1. The van der Waals surface area contributed by atoms with E-state index in [-0.39, 0.29) is 46.8 Å². The van der Waals surface area contributed by atoms with Crippen LogP contribution < -0.4 is 21.1 Å². The van der Waals surface area contributed by atoms with Gasteiger partial charge in [-0.15, -0.1) is 12.4 Å². The SMILES string of the molecule is Cl.NCCCCOc1c(Cl)cc(C(=O)N(C(=O)[C@@H](N)Cc2ccccc2)c2ccccc2)c(O)c1Cl. The zero-order valence-corrected chi connectivity index (χ0v) is 21.7. The Labute approximate surface area is 226 Å². The fraction of sp³-hybridized carbons (Fsp3) is 0.231. The average Bonchev–Trinajstić information content (AvgIpc) is 2.87. The summed E-state index contributed by atoms with van der Waals surface area (Å²) in [6.45, 7) is 0.797. The predicted molar refractivity (Wildman–Crippen MR) is 146 cm³/mol. The first-order valence-corrected chi connectivity index (χ1v) is 11.9. The number of aromatic hydroxyl groups is 1. The lowest BCUT2D eigenvalue weighted by Crippen LogP contribution is -2.48. The number of phenolic OH excluding ortho intramolecular Hbond substituents is 1. The highest BCUT2D eigenvalue weighted by Gasteiger charge is 2.32. The van der Waals surface area contributed by atoms with Crippen molar-refractivity contribution in [1.29, 1.82) is 0 Å². The van der Waals surface area contributed by atoms with Gasteiger partial charge in [0.1, 0.15) is 5.02 Å². The van der Waals surface area contributed by atoms with E-state index in [0.29, 0.717) is 18.7 Å². The largest absolute Gasteiger partial charge is 0.505 e. The third kappa shape index (κ3) is 7.12. The minimum Gasteiger partial charge on any atom is -0.505 e. The number of carbonyl (C=O) groups is 2. The van der Waals surface area contributed by atoms with Crippen molar-refractivity contribution in [3.05, 3.63) is 87.9 Å². The molecule has 0 aliphatic carbocycles. The van der Waals surface area contributed by atoms with Crippen LogP contribution >= 0.6 is 35.6 Å². The number of hydrogen-bond donors (Lipinski definition) is 3. The van der Waals surface area contributed by atoms with Gasteiger partial charge < -0.3 is 21.3 Å². The van der Waals surface area contributed by atoms with Crippen LogP contribution in [0, 0.1) is 0 Å². The monoisotopic (exact) mass is 551 g/mol. The smallest absolute Gasteiger partial charge is 0.268 e. The van der Waals surface area contributed by atoms with Gasteiger partial charge in [0.05, 0.1) is 28.9 Å². The van der Waals surface area contributed by atoms with E-state index >= 15 is 0 Å². The second-order valence-electron chi connectivity index (χ2n) is 7.85. The molecule has 0 aromatic heterocycles. The second kappa shape index (κ2) is 14.1. The molecule has 1 atom stereocenters. The Morgan fingerprint density at radius 3 is 2.22 bits per heavy atom. The van der Waals surface area contributed by atoms with Gasteiger partial charge in [0.15, 0.2) is 11.5 Å². The Kier molecular flexibility index (Phi) is 11.5. The molecule has 0 saturated carbocycles. The van der Waals surface area contributed by atoms with Crippen LogP contribution in [0.2, 0.25) is 10.0 Å². The number of nitrogens with zero attached hydrogens (tertiary/aromatic N) is 1. The van der Waals surface area contributed by atoms with Crippen molar-refractivity contribution in [2.45, 2.75) is 25.3 Å². The first-order valence-electron chi connectivity index (χ1n) is 11.1. The third-order valence-electron chi connectivity index (χ3n) is 5.28. The fourth-order valence-electron chi connectivity index (χ4n) is 3.47. The number of benzene rings is 3. The first kappa shape index (κ1) is 29.4. The molecule has 0 saturated heterocycles. The van der Waals surface area contributed by atoms with Gasteiger partial charge in [0.2, 0.25) is 0 Å². The van der Waals surface area contributed by atoms with Crippen LogP contribution in [0.5, 0.6) is 11.5 Å². The minimum atomic E-state index is -1.01. The maximum absolute atomic E-state index is 13.6. The zero-order chi connectivity index (χ0) is 25.4. The first-order chi connectivity index (χ1) is 16.8. The quantitative estimate of drug-likeness (QED) is 0.305. The van der Waals surface area contributed by atoms with Crippen LogP contribution in [0.3, 0.4) is 0 Å². The summed E-state index contributed by atoms with van der Waals surface area (Å²) in [5.74, 6) is -1.95. The molecular formula is C26H28Cl3N3O4. The molecule has 0 unspecified atom stereocenters. The van der Waals surface area contributed by atoms with Crippen molar-refractivity contribution < 1.29 is 19.4 Å². The number of halogens is 3. The van der Waals surface area contributed by atoms with Gasteiger partial charge in [0, 0.05) is 0 Å². The van der Waals surface area contributed by atoms with Gasteiger partial charge in [-0.1, -0.05) is 71.7 Å². The summed E-state index contributed by atoms with van der Waals surface area (Å²) in [5.41, 5.74) is 12.6. The molecule has 0 heterocycles. The molecule has 0 spiro atoms. The van der Waals surface area contributed by atoms with E-state index in [9.17, 15) is 14.7 Å². The second-order valence-corrected chi connectivity index (χ2v) is 8.64. The van der Waals surface area contributed by atoms with Crippen LogP contribution in [-0.4, -0.2) is 36.1 Å². The standard InChI is InChI=1S/C26H27Cl2N3O4.ClH/c27-20-16-19(23(32)22(28)24(20)35-14-8-7-13-29)25(33)31(18-11-5-2-6-12-18)26(34)21(30)15-17-9-3-1-4-10-17;/h1-6,9-12,16,21,32H,7-8,13-15,29-30H2;1H/t21-;/m0./s1. The number of phenols is 1. The van der Waals surface area contributed by atoms with Gasteiger partial charge in [0.25, 0.3) is 11.8 Å². The zero-order valence-electron chi connectivity index (χ0n) is 19.4. The van der Waals surface area contributed by atoms with E-state index in [2.05, 4.69) is 0 Å². The molecule has 192 valence electrons. The summed E-state index contributed by atoms with van der Waals surface area (Å²) in [4.78, 5) is 27.9. The molecular weight excluding hydrogens is 525 g/mol. The number of rotatable bonds is 10. The van der Waals surface area contributed by atoms with Crippen molar-refractivity contribution in [1.82, 2.24) is 0 Å². The summed E-state index contributed by atoms with van der Waals surface area (Å²) in [6, 6.07) is 17.8. The van der Waals surface area contributed by atoms with Gasteiger partial charge in [-0.25, -0.2) is 4.90 Å². The molecule has 3 aromatic carbocycles. The maximum atomic E-state index is 13.6. The number of hydrogen-bond acceptors (Lipinski definition) is 6. The number of amides is 2. The van der Waals surface area contributed by atoms with E-state index in [1.54, 1.807) is 30.3 Å². The molecule has 3 rings (SSSR count). The molecule has 0 bridgehead atoms. The molecule has 0 fully saturated rings. The summed E-state index contributed by atoms with van der Waals surface area (Å²) in [7, 11) is 0. The van der Waals surface area contributed by atoms with Crippen LogP contribution in [0.15, 0.2) is 66.7 Å². The lowest BCUT2D eigenvalue weighted by Gasteiger charge is -2.25. The number of ether oxygens (including phenoxy) is 1. The van der Waals surface area contributed by atoms with Crippen molar-refractivity contribution in [3.63, 3.8) is 0 Å². The number of anilines is 1. The summed E-state index contributed by atoms with van der Waals surface area (Å²) >= 11 is 12.6. The summed E-state index contributed by atoms with van der Waals surface area (Å²) in [5, 5.41) is 10.6. The molecule has 10 heteroatoms. The molecule has 0 radical (unpaired) electrons. The molecule has 7 nitrogen and oxygen atoms in total. The van der Waals surface area contributed by atoms with E-state index in [1.165, 1.54) is 6.07 Å². The molecule has 5 N–H and O–H groups in total. The number of nitrogens with two attached hydrogens (primary N) is 2. The Balaban J connectivity index is 0.00000456. The van der Waals surface area contributed by atoms with Gasteiger partial charge in [-0.3, -0.25) is 9.59 Å². The van der Waals surface area contributed by atoms with Crippen LogP contribution in [0.1, 0.15) is 28.8 Å². The molecule has 36 heavy (non-hydrogen) atoms. The van der Waals surface area contributed by atoms with Crippen molar-refractivity contribution in [2.75, 3.05) is 18.1 Å². The minimum absolute atomic E-state index is 0. The Bertz CT molecular complexity index is 1160. The number of imide groups is 1. The highest BCUT2D eigenvalue weighted by atomic mass is 35.5. The van der Waals surface area contributed by atoms with Gasteiger partial charge in [-0.05, 0) is 49.6 Å². The Hall–Kier alpha value is -2.81. The molecule has 0 aliphatic rings. The van der Waals surface area contributed by atoms with Crippen molar-refractivity contribution >= 4 is 53.1 Å². The number of para-hydroxylation sites is 1. The normalized spacial score (nSPS) is 11.3. The lowest BCUT2D eigenvalue weighted by atomic mass is 10.0. The van der Waals surface area contributed by atoms with E-state index in [0.717, 1.165) is 16.9 Å². The topological polar surface area (TPSA) is 119 Å². The van der Waals surface area contributed by atoms with E-state index in [4.69, 9.17) is 39.4 Å². The van der Waals surface area contributed by atoms with Crippen molar-refractivity contribution in [3.8, 4) is 11.5 Å². The van der Waals surface area contributed by atoms with Crippen LogP contribution in [-0.2, 0) is 11.2 Å². The molecule has 2 amide bonds. The highest BCUT2D eigenvalue weighted by molar-refractivity contribution is 6.39. The predicted octanol–water partition coefficient (Wildman–Crippen LogP) is 4.98. The fourth-order valence-corrected chi connectivity index (χ4v) is 4.04. The highest BCUT2D eigenvalue weighted by Crippen LogP contribution is 2.42. The van der Waals surface area contributed by atoms with Gasteiger partial charge in [-0.2, -0.15) is 0 Å².